The third kappa shape index (κ3) is 5.33. The van der Waals surface area contributed by atoms with Crippen molar-refractivity contribution in [1.82, 2.24) is 5.32 Å². The fourth-order valence-corrected chi connectivity index (χ4v) is 1.48. The molecule has 0 aliphatic rings. The van der Waals surface area contributed by atoms with Crippen LogP contribution in [-0.2, 0) is 16.0 Å². The van der Waals surface area contributed by atoms with Gasteiger partial charge < -0.3 is 20.0 Å². The first-order valence-electron chi connectivity index (χ1n) is 5.40. The zero-order chi connectivity index (χ0) is 14.4. The Morgan fingerprint density at radius 1 is 1.32 bits per heavy atom. The third-order valence-electron chi connectivity index (χ3n) is 2.25. The van der Waals surface area contributed by atoms with Crippen molar-refractivity contribution < 1.29 is 28.2 Å². The lowest BCUT2D eigenvalue weighted by Crippen LogP contribution is -2.48. The van der Waals surface area contributed by atoms with Crippen molar-refractivity contribution in [1.29, 1.82) is 0 Å². The zero-order valence-electron chi connectivity index (χ0n) is 10.1. The molecule has 1 aromatic carbocycles. The van der Waals surface area contributed by atoms with E-state index in [0.717, 1.165) is 0 Å². The van der Waals surface area contributed by atoms with Crippen LogP contribution in [0.5, 0.6) is 5.75 Å². The lowest BCUT2D eigenvalue weighted by molar-refractivity contribution is -0.308. The Labute approximate surface area is 108 Å². The molecule has 0 unspecified atom stereocenters. The molecule has 19 heavy (non-hydrogen) atoms. The number of carbonyl (C=O) groups is 2. The van der Waals surface area contributed by atoms with Crippen LogP contribution in [0.1, 0.15) is 12.5 Å². The molecule has 0 aliphatic heterocycles. The second-order valence-corrected chi connectivity index (χ2v) is 3.80. The topological polar surface area (TPSA) is 78.5 Å². The fraction of sp³-hybridized carbons (Fsp3) is 0.333. The molecule has 1 atom stereocenters. The molecule has 0 heterocycles. The quantitative estimate of drug-likeness (QED) is 0.795. The van der Waals surface area contributed by atoms with E-state index in [2.05, 4.69) is 10.1 Å². The first kappa shape index (κ1) is 14.9. The number of amides is 1. The lowest BCUT2D eigenvalue weighted by atomic mass is 10.1. The molecule has 5 nitrogen and oxygen atoms in total. The second-order valence-electron chi connectivity index (χ2n) is 3.80. The predicted molar refractivity (Wildman–Crippen MR) is 59.4 cm³/mol. The number of ether oxygens (including phenoxy) is 1. The SMILES string of the molecule is CC(=O)N[C@@H](Cc1ccc(OC(F)F)cc1)C(=O)[O-]. The van der Waals surface area contributed by atoms with Crippen molar-refractivity contribution in [3.63, 3.8) is 0 Å². The van der Waals surface area contributed by atoms with Gasteiger partial charge in [-0.3, -0.25) is 4.79 Å². The largest absolute Gasteiger partial charge is 0.548 e. The van der Waals surface area contributed by atoms with Crippen molar-refractivity contribution in [2.24, 2.45) is 0 Å². The summed E-state index contributed by atoms with van der Waals surface area (Å²) in [5, 5.41) is 13.0. The van der Waals surface area contributed by atoms with Gasteiger partial charge in [0.2, 0.25) is 5.91 Å². The average molecular weight is 272 g/mol. The number of carboxylic acid groups (broad SMARTS) is 1. The van der Waals surface area contributed by atoms with Gasteiger partial charge in [0.05, 0.1) is 12.0 Å². The summed E-state index contributed by atoms with van der Waals surface area (Å²) in [4.78, 5) is 21.6. The second kappa shape index (κ2) is 6.67. The zero-order valence-corrected chi connectivity index (χ0v) is 10.1. The molecule has 7 heteroatoms. The van der Waals surface area contributed by atoms with Gasteiger partial charge >= 0.3 is 6.61 Å². The number of alkyl halides is 2. The monoisotopic (exact) mass is 272 g/mol. The Balaban J connectivity index is 2.69. The molecule has 0 fully saturated rings. The standard InChI is InChI=1S/C12H13F2NO4/c1-7(16)15-10(11(17)18)6-8-2-4-9(5-3-8)19-12(13)14/h2-5,10,12H,6H2,1H3,(H,15,16)(H,17,18)/p-1/t10-/m0/s1. The van der Waals surface area contributed by atoms with Gasteiger partial charge in [-0.25, -0.2) is 0 Å². The Morgan fingerprint density at radius 3 is 2.32 bits per heavy atom. The van der Waals surface area contributed by atoms with Crippen LogP contribution in [0.15, 0.2) is 24.3 Å². The van der Waals surface area contributed by atoms with Crippen LogP contribution >= 0.6 is 0 Å². The lowest BCUT2D eigenvalue weighted by Gasteiger charge is -2.18. The number of halogens is 2. The molecule has 1 N–H and O–H groups in total. The Kier molecular flexibility index (Phi) is 5.23. The summed E-state index contributed by atoms with van der Waals surface area (Å²) in [5.41, 5.74) is 0.546. The maximum absolute atomic E-state index is 11.9. The highest BCUT2D eigenvalue weighted by atomic mass is 19.3. The van der Waals surface area contributed by atoms with E-state index in [1.807, 2.05) is 0 Å². The number of aliphatic carboxylic acids is 1. The maximum atomic E-state index is 11.9. The van der Waals surface area contributed by atoms with Gasteiger partial charge in [-0.15, -0.1) is 0 Å². The molecule has 0 bridgehead atoms. The third-order valence-corrected chi connectivity index (χ3v) is 2.25. The predicted octanol–water partition coefficient (Wildman–Crippen LogP) is 0.0851. The minimum absolute atomic E-state index is 0.00310. The van der Waals surface area contributed by atoms with E-state index < -0.39 is 24.5 Å². The van der Waals surface area contributed by atoms with Crippen molar-refractivity contribution >= 4 is 11.9 Å². The molecule has 1 amide bonds. The highest BCUT2D eigenvalue weighted by Crippen LogP contribution is 2.15. The molecule has 0 aromatic heterocycles. The van der Waals surface area contributed by atoms with E-state index in [1.54, 1.807) is 0 Å². The average Bonchev–Trinajstić information content (AvgIpc) is 2.29. The summed E-state index contributed by atoms with van der Waals surface area (Å²) >= 11 is 0. The van der Waals surface area contributed by atoms with Crippen molar-refractivity contribution in [2.75, 3.05) is 0 Å². The number of hydrogen-bond acceptors (Lipinski definition) is 4. The summed E-state index contributed by atoms with van der Waals surface area (Å²) in [6.45, 7) is -1.73. The number of benzene rings is 1. The van der Waals surface area contributed by atoms with Crippen LogP contribution in [0.4, 0.5) is 8.78 Å². The van der Waals surface area contributed by atoms with Crippen LogP contribution in [-0.4, -0.2) is 24.5 Å². The van der Waals surface area contributed by atoms with Gasteiger partial charge in [0, 0.05) is 6.92 Å². The van der Waals surface area contributed by atoms with E-state index in [1.165, 1.54) is 31.2 Å². The number of carbonyl (C=O) groups excluding carboxylic acids is 2. The summed E-state index contributed by atoms with van der Waals surface area (Å²) in [7, 11) is 0. The van der Waals surface area contributed by atoms with Crippen LogP contribution in [0.25, 0.3) is 0 Å². The molecule has 0 saturated carbocycles. The van der Waals surface area contributed by atoms with E-state index in [-0.39, 0.29) is 12.2 Å². The number of nitrogens with one attached hydrogen (secondary N) is 1. The van der Waals surface area contributed by atoms with Crippen molar-refractivity contribution in [3.05, 3.63) is 29.8 Å². The summed E-state index contributed by atoms with van der Waals surface area (Å²) in [5.74, 6) is -1.93. The van der Waals surface area contributed by atoms with Gasteiger partial charge in [0.15, 0.2) is 0 Å². The van der Waals surface area contributed by atoms with Crippen LogP contribution in [0.3, 0.4) is 0 Å². The maximum Gasteiger partial charge on any atom is 0.387 e. The minimum atomic E-state index is -2.92. The molecule has 0 saturated heterocycles. The van der Waals surface area contributed by atoms with Gasteiger partial charge in [0.25, 0.3) is 0 Å². The van der Waals surface area contributed by atoms with E-state index >= 15 is 0 Å². The molecule has 1 aromatic rings. The molecular weight excluding hydrogens is 260 g/mol. The normalized spacial score (nSPS) is 12.0. The van der Waals surface area contributed by atoms with Crippen molar-refractivity contribution in [3.8, 4) is 5.75 Å². The Morgan fingerprint density at radius 2 is 1.89 bits per heavy atom. The highest BCUT2D eigenvalue weighted by molar-refractivity contribution is 5.81. The van der Waals surface area contributed by atoms with E-state index in [4.69, 9.17) is 0 Å². The van der Waals surface area contributed by atoms with Gasteiger partial charge in [-0.2, -0.15) is 8.78 Å². The van der Waals surface area contributed by atoms with Crippen LogP contribution in [0, 0.1) is 0 Å². The van der Waals surface area contributed by atoms with E-state index in [9.17, 15) is 23.5 Å². The minimum Gasteiger partial charge on any atom is -0.548 e. The number of hydrogen-bond donors (Lipinski definition) is 1. The Hall–Kier alpha value is -2.18. The number of carboxylic acids is 1. The summed E-state index contributed by atoms with van der Waals surface area (Å²) in [6.07, 6.45) is -0.00310. The summed E-state index contributed by atoms with van der Waals surface area (Å²) < 4.78 is 28.0. The molecular formula is C12H12F2NO4-. The molecule has 1 rings (SSSR count). The van der Waals surface area contributed by atoms with Gasteiger partial charge in [-0.05, 0) is 24.1 Å². The molecule has 104 valence electrons. The smallest absolute Gasteiger partial charge is 0.387 e. The van der Waals surface area contributed by atoms with E-state index in [0.29, 0.717) is 5.56 Å². The molecule has 0 spiro atoms. The molecule has 0 radical (unpaired) electrons. The Bertz CT molecular complexity index is 448. The first-order valence-corrected chi connectivity index (χ1v) is 5.40. The molecule has 0 aliphatic carbocycles. The first-order chi connectivity index (χ1) is 8.88. The highest BCUT2D eigenvalue weighted by Gasteiger charge is 2.12. The fourth-order valence-electron chi connectivity index (χ4n) is 1.48. The van der Waals surface area contributed by atoms with Gasteiger partial charge in [-0.1, -0.05) is 12.1 Å². The number of rotatable bonds is 6. The van der Waals surface area contributed by atoms with Crippen LogP contribution in [0.2, 0.25) is 0 Å². The van der Waals surface area contributed by atoms with Crippen LogP contribution < -0.4 is 15.2 Å². The van der Waals surface area contributed by atoms with Gasteiger partial charge in [0.1, 0.15) is 5.75 Å². The summed E-state index contributed by atoms with van der Waals surface area (Å²) in [6, 6.07) is 4.30. The van der Waals surface area contributed by atoms with Crippen molar-refractivity contribution in [2.45, 2.75) is 26.0 Å².